The highest BCUT2D eigenvalue weighted by molar-refractivity contribution is 14.1. The minimum Gasteiger partial charge on any atom is -0.444 e. The quantitative estimate of drug-likeness (QED) is 0.225. The Labute approximate surface area is 255 Å². The van der Waals surface area contributed by atoms with Crippen LogP contribution in [0, 0.1) is 9.49 Å². The molecule has 41 heavy (non-hydrogen) atoms. The highest BCUT2D eigenvalue weighted by Gasteiger charge is 2.35. The molecule has 2 amide bonds. The van der Waals surface area contributed by atoms with E-state index in [1.54, 1.807) is 20.8 Å². The highest BCUT2D eigenvalue weighted by atomic mass is 127. The largest absolute Gasteiger partial charge is 0.444 e. The van der Waals surface area contributed by atoms with Gasteiger partial charge in [-0.25, -0.2) is 4.79 Å². The maximum Gasteiger partial charge on any atom is 0.407 e. The number of hydrogen-bond acceptors (Lipinski definition) is 5. The molecule has 218 valence electrons. The van der Waals surface area contributed by atoms with Crippen LogP contribution < -0.4 is 10.6 Å². The summed E-state index contributed by atoms with van der Waals surface area (Å²) in [4.78, 5) is 26.5. The fraction of sp³-hybridized carbons (Fsp3) is 0.394. The van der Waals surface area contributed by atoms with E-state index in [2.05, 4.69) is 33.2 Å². The second-order valence-corrected chi connectivity index (χ2v) is 13.0. The van der Waals surface area contributed by atoms with E-state index in [-0.39, 0.29) is 12.3 Å². The smallest absolute Gasteiger partial charge is 0.407 e. The Morgan fingerprint density at radius 2 is 1.59 bits per heavy atom. The van der Waals surface area contributed by atoms with E-state index in [0.29, 0.717) is 19.3 Å². The topological polar surface area (TPSA) is 108 Å². The molecule has 0 unspecified atom stereocenters. The van der Waals surface area contributed by atoms with Crippen LogP contribution in [0.1, 0.15) is 55.5 Å². The van der Waals surface area contributed by atoms with Gasteiger partial charge in [-0.1, -0.05) is 66.7 Å². The van der Waals surface area contributed by atoms with Crippen molar-refractivity contribution in [3.05, 3.63) is 105 Å². The lowest BCUT2D eigenvalue weighted by atomic mass is 9.88. The molecule has 0 aromatic heterocycles. The summed E-state index contributed by atoms with van der Waals surface area (Å²) in [5.74, 6) is -0.859. The summed E-state index contributed by atoms with van der Waals surface area (Å²) in [7, 11) is 0. The molecule has 1 aliphatic rings. The Morgan fingerprint density at radius 3 is 2.27 bits per heavy atom. The lowest BCUT2D eigenvalue weighted by Crippen LogP contribution is -2.48. The number of fused-ring (bicyclic) bond motifs is 1. The second kappa shape index (κ2) is 13.8. The number of carbonyl (C=O) groups is 2. The van der Waals surface area contributed by atoms with Crippen molar-refractivity contribution in [1.82, 2.24) is 10.6 Å². The molecule has 0 spiro atoms. The molecule has 0 aliphatic heterocycles. The van der Waals surface area contributed by atoms with E-state index in [0.717, 1.165) is 25.8 Å². The third-order valence-corrected chi connectivity index (χ3v) is 7.98. The number of aliphatic hydroxyl groups excluding tert-OH is 2. The van der Waals surface area contributed by atoms with Gasteiger partial charge < -0.3 is 25.6 Å². The van der Waals surface area contributed by atoms with Gasteiger partial charge in [0.1, 0.15) is 5.60 Å². The van der Waals surface area contributed by atoms with E-state index in [4.69, 9.17) is 4.74 Å². The van der Waals surface area contributed by atoms with E-state index >= 15 is 0 Å². The first kappa shape index (κ1) is 31.0. The number of rotatable bonds is 10. The summed E-state index contributed by atoms with van der Waals surface area (Å²) in [6.07, 6.45) is -1.03. The van der Waals surface area contributed by atoms with Crippen molar-refractivity contribution in [2.45, 2.75) is 76.3 Å². The zero-order chi connectivity index (χ0) is 29.6. The number of carbonyl (C=O) groups excluding carboxylic acids is 2. The summed E-state index contributed by atoms with van der Waals surface area (Å²) in [6.45, 7) is 5.35. The third kappa shape index (κ3) is 9.02. The molecule has 1 aliphatic carbocycles. The van der Waals surface area contributed by atoms with Gasteiger partial charge in [0, 0.05) is 15.9 Å². The maximum absolute atomic E-state index is 13.8. The first-order chi connectivity index (χ1) is 19.5. The fourth-order valence-corrected chi connectivity index (χ4v) is 5.63. The lowest BCUT2D eigenvalue weighted by Gasteiger charge is -2.29. The number of aliphatic hydroxyl groups is 2. The van der Waals surface area contributed by atoms with Crippen LogP contribution in [0.4, 0.5) is 4.79 Å². The van der Waals surface area contributed by atoms with Gasteiger partial charge in [0.25, 0.3) is 0 Å². The molecule has 0 saturated heterocycles. The molecule has 0 heterocycles. The standard InChI is InChI=1S/C33H39IN2O5/c1-33(2,3)41-32(40)35-27(18-21-9-5-4-6-10-21)28(37)20-24(17-22-13-15-25(34)16-14-22)31(39)36-30-26-12-8-7-11-23(26)19-29(30)38/h4-16,24,27-30,37-38H,17-20H2,1-3H3,(H,35,40)(H,36,39)/t24-,27+,28+,29-,30-/m1/s1. The first-order valence-corrected chi connectivity index (χ1v) is 15.1. The average Bonchev–Trinajstić information content (AvgIpc) is 3.23. The molecule has 3 aromatic carbocycles. The van der Waals surface area contributed by atoms with Crippen molar-refractivity contribution < 1.29 is 24.5 Å². The van der Waals surface area contributed by atoms with Crippen molar-refractivity contribution in [3.8, 4) is 0 Å². The highest BCUT2D eigenvalue weighted by Crippen LogP contribution is 2.32. The summed E-state index contributed by atoms with van der Waals surface area (Å²) < 4.78 is 6.57. The first-order valence-electron chi connectivity index (χ1n) is 14.0. The minimum absolute atomic E-state index is 0.107. The van der Waals surface area contributed by atoms with E-state index < -0.39 is 41.9 Å². The molecular formula is C33H39IN2O5. The SMILES string of the molecule is CC(C)(C)OC(=O)N[C@@H](Cc1ccccc1)[C@@H](O)C[C@@H](Cc1ccc(I)cc1)C(=O)N[C@@H]1c2ccccc2C[C@H]1O. The van der Waals surface area contributed by atoms with Crippen molar-refractivity contribution in [2.75, 3.05) is 0 Å². The van der Waals surface area contributed by atoms with E-state index in [9.17, 15) is 19.8 Å². The molecule has 0 radical (unpaired) electrons. The zero-order valence-corrected chi connectivity index (χ0v) is 25.9. The monoisotopic (exact) mass is 670 g/mol. The lowest BCUT2D eigenvalue weighted by molar-refractivity contribution is -0.127. The molecule has 0 bridgehead atoms. The van der Waals surface area contributed by atoms with E-state index in [1.807, 2.05) is 78.9 Å². The van der Waals surface area contributed by atoms with Crippen molar-refractivity contribution >= 4 is 34.6 Å². The van der Waals surface area contributed by atoms with Crippen LogP contribution in [0.15, 0.2) is 78.9 Å². The van der Waals surface area contributed by atoms with Gasteiger partial charge in [-0.15, -0.1) is 0 Å². The average molecular weight is 671 g/mol. The number of ether oxygens (including phenoxy) is 1. The zero-order valence-electron chi connectivity index (χ0n) is 23.7. The molecule has 5 atom stereocenters. The molecule has 4 rings (SSSR count). The Kier molecular flexibility index (Phi) is 10.4. The summed E-state index contributed by atoms with van der Waals surface area (Å²) in [5.41, 5.74) is 3.14. The number of benzene rings is 3. The normalized spacial score (nSPS) is 18.6. The van der Waals surface area contributed by atoms with Gasteiger partial charge in [0.05, 0.1) is 24.3 Å². The van der Waals surface area contributed by atoms with Crippen LogP contribution in [0.3, 0.4) is 0 Å². The number of halogens is 1. The van der Waals surface area contributed by atoms with Gasteiger partial charge in [-0.3, -0.25) is 4.79 Å². The Morgan fingerprint density at radius 1 is 0.951 bits per heavy atom. The van der Waals surface area contributed by atoms with Crippen molar-refractivity contribution in [1.29, 1.82) is 0 Å². The van der Waals surface area contributed by atoms with Gasteiger partial charge in [-0.05, 0) is 97.0 Å². The Bertz CT molecular complexity index is 1310. The van der Waals surface area contributed by atoms with Crippen LogP contribution in [0.25, 0.3) is 0 Å². The third-order valence-electron chi connectivity index (χ3n) is 7.26. The predicted octanol–water partition coefficient (Wildman–Crippen LogP) is 5.11. The summed E-state index contributed by atoms with van der Waals surface area (Å²) in [5, 5.41) is 28.2. The van der Waals surface area contributed by atoms with Crippen LogP contribution >= 0.6 is 22.6 Å². The Hall–Kier alpha value is -2.95. The number of nitrogens with one attached hydrogen (secondary N) is 2. The molecule has 4 N–H and O–H groups in total. The molecule has 3 aromatic rings. The second-order valence-electron chi connectivity index (χ2n) is 11.7. The number of alkyl carbamates (subject to hydrolysis) is 1. The molecule has 7 nitrogen and oxygen atoms in total. The minimum atomic E-state index is -1.04. The number of amides is 2. The fourth-order valence-electron chi connectivity index (χ4n) is 5.27. The maximum atomic E-state index is 13.8. The summed E-state index contributed by atoms with van der Waals surface area (Å²) in [6, 6.07) is 24.1. The van der Waals surface area contributed by atoms with Crippen molar-refractivity contribution in [3.63, 3.8) is 0 Å². The summed E-state index contributed by atoms with van der Waals surface area (Å²) >= 11 is 2.24. The Balaban J connectivity index is 1.56. The molecule has 8 heteroatoms. The van der Waals surface area contributed by atoms with Crippen LogP contribution in [-0.4, -0.2) is 46.1 Å². The van der Waals surface area contributed by atoms with Gasteiger partial charge in [-0.2, -0.15) is 0 Å². The van der Waals surface area contributed by atoms with Crippen LogP contribution in [0.5, 0.6) is 0 Å². The van der Waals surface area contributed by atoms with Crippen molar-refractivity contribution in [2.24, 2.45) is 5.92 Å². The predicted molar refractivity (Wildman–Crippen MR) is 167 cm³/mol. The number of hydrogen-bond donors (Lipinski definition) is 4. The van der Waals surface area contributed by atoms with Crippen LogP contribution in [0.2, 0.25) is 0 Å². The molecule has 0 fully saturated rings. The van der Waals surface area contributed by atoms with E-state index in [1.165, 1.54) is 0 Å². The van der Waals surface area contributed by atoms with Gasteiger partial charge in [0.2, 0.25) is 5.91 Å². The van der Waals surface area contributed by atoms with Crippen LogP contribution in [-0.2, 0) is 28.8 Å². The van der Waals surface area contributed by atoms with Gasteiger partial charge >= 0.3 is 6.09 Å². The molecular weight excluding hydrogens is 631 g/mol. The molecule has 0 saturated carbocycles. The van der Waals surface area contributed by atoms with Gasteiger partial charge in [0.15, 0.2) is 0 Å².